The highest BCUT2D eigenvalue weighted by Crippen LogP contribution is 2.39. The average Bonchev–Trinajstić information content (AvgIpc) is 3.01. The molecule has 0 radical (unpaired) electrons. The summed E-state index contributed by atoms with van der Waals surface area (Å²) in [5, 5.41) is 3.53. The van der Waals surface area contributed by atoms with Gasteiger partial charge in [-0.15, -0.1) is 0 Å². The zero-order chi connectivity index (χ0) is 29.2. The Morgan fingerprint density at radius 3 is 2.45 bits per heavy atom. The molecule has 4 aromatic rings. The zero-order valence-corrected chi connectivity index (χ0v) is 24.1. The second-order valence-corrected chi connectivity index (χ2v) is 11.5. The topological polar surface area (TPSA) is 69.9 Å². The number of urea groups is 1. The maximum Gasteiger partial charge on any atom is 0.329 e. The molecule has 1 aliphatic carbocycles. The number of allylic oxidation sites excluding steroid dienone is 1. The number of rotatable bonds is 8. The van der Waals surface area contributed by atoms with Crippen LogP contribution in [0.1, 0.15) is 48.2 Å². The van der Waals surface area contributed by atoms with E-state index in [-0.39, 0.29) is 18.1 Å². The van der Waals surface area contributed by atoms with E-state index in [2.05, 4.69) is 42.7 Å². The van der Waals surface area contributed by atoms with E-state index in [1.54, 1.807) is 9.30 Å². The minimum atomic E-state index is -0.149. The number of aryl methyl sites for hydroxylation is 1. The van der Waals surface area contributed by atoms with Gasteiger partial charge in [-0.1, -0.05) is 67.8 Å². The highest BCUT2D eigenvalue weighted by atomic mass is 16.2. The molecule has 3 heterocycles. The number of nitrogens with zero attached hydrogens (tertiary/aromatic N) is 4. The second kappa shape index (κ2) is 11.7. The Labute approximate surface area is 246 Å². The molecule has 2 aromatic heterocycles. The van der Waals surface area contributed by atoms with Crippen LogP contribution < -0.4 is 15.8 Å². The number of amides is 2. The van der Waals surface area contributed by atoms with E-state index >= 15 is 0 Å². The molecule has 0 spiro atoms. The number of benzene rings is 2. The van der Waals surface area contributed by atoms with Crippen molar-refractivity contribution >= 4 is 23.1 Å². The van der Waals surface area contributed by atoms with Crippen molar-refractivity contribution in [3.63, 3.8) is 0 Å². The standard InChI is InChI=1S/C35H37N5O2/c1-24-10-9-15-33-37-30(20-34(41)40(24)33)23-39-32-14-8-7-13-31(32)26(3)38(35(39)42)22-28-16-18-29(19-17-28)25(2)36-21-27-11-5-4-6-12-27/h4-15,20,28-29,36H,2-3,16-19,21-23H2,1H3. The van der Waals surface area contributed by atoms with E-state index in [1.165, 1.54) is 11.6 Å². The third kappa shape index (κ3) is 5.47. The largest absolute Gasteiger partial charge is 0.385 e. The highest BCUT2D eigenvalue weighted by Gasteiger charge is 2.35. The van der Waals surface area contributed by atoms with Gasteiger partial charge in [0.15, 0.2) is 0 Å². The van der Waals surface area contributed by atoms with E-state index < -0.39 is 0 Å². The van der Waals surface area contributed by atoms with E-state index in [0.717, 1.165) is 60.6 Å². The van der Waals surface area contributed by atoms with Gasteiger partial charge in [-0.3, -0.25) is 19.0 Å². The summed E-state index contributed by atoms with van der Waals surface area (Å²) in [6.45, 7) is 12.2. The fourth-order valence-corrected chi connectivity index (χ4v) is 6.32. The van der Waals surface area contributed by atoms with Gasteiger partial charge in [0, 0.05) is 41.8 Å². The van der Waals surface area contributed by atoms with Crippen molar-refractivity contribution < 1.29 is 4.79 Å². The Balaban J connectivity index is 1.15. The van der Waals surface area contributed by atoms with E-state index in [0.29, 0.717) is 29.7 Å². The Kier molecular flexibility index (Phi) is 7.66. The van der Waals surface area contributed by atoms with Gasteiger partial charge >= 0.3 is 6.03 Å². The number of hydrogen-bond donors (Lipinski definition) is 1. The van der Waals surface area contributed by atoms with Gasteiger partial charge < -0.3 is 5.32 Å². The normalized spacial score (nSPS) is 18.7. The number of aromatic nitrogens is 2. The molecule has 1 N–H and O–H groups in total. The molecule has 0 saturated heterocycles. The summed E-state index contributed by atoms with van der Waals surface area (Å²) < 4.78 is 1.59. The molecule has 2 aromatic carbocycles. The van der Waals surface area contributed by atoms with Crippen LogP contribution in [0.4, 0.5) is 10.5 Å². The van der Waals surface area contributed by atoms with Crippen molar-refractivity contribution in [3.05, 3.63) is 131 Å². The van der Waals surface area contributed by atoms with Gasteiger partial charge in [-0.25, -0.2) is 9.78 Å². The molecule has 0 atom stereocenters. The predicted octanol–water partition coefficient (Wildman–Crippen LogP) is 6.53. The first-order valence-electron chi connectivity index (χ1n) is 14.7. The molecular formula is C35H37N5O2. The lowest BCUT2D eigenvalue weighted by Crippen LogP contribution is -2.48. The quantitative estimate of drug-likeness (QED) is 0.267. The maximum atomic E-state index is 14.0. The van der Waals surface area contributed by atoms with Crippen LogP contribution in [0.15, 0.2) is 103 Å². The zero-order valence-electron chi connectivity index (χ0n) is 24.1. The van der Waals surface area contributed by atoms with Crippen LogP contribution in [0, 0.1) is 18.8 Å². The fourth-order valence-electron chi connectivity index (χ4n) is 6.32. The van der Waals surface area contributed by atoms with E-state index in [1.807, 2.05) is 60.4 Å². The monoisotopic (exact) mass is 559 g/mol. The van der Waals surface area contributed by atoms with Crippen molar-refractivity contribution in [2.45, 2.75) is 45.7 Å². The molecule has 0 unspecified atom stereocenters. The molecule has 1 aliphatic heterocycles. The third-order valence-corrected chi connectivity index (χ3v) is 8.69. The van der Waals surface area contributed by atoms with Gasteiger partial charge in [-0.2, -0.15) is 0 Å². The van der Waals surface area contributed by atoms with Crippen molar-refractivity contribution in [1.29, 1.82) is 0 Å². The number of pyridine rings is 1. The summed E-state index contributed by atoms with van der Waals surface area (Å²) in [5.74, 6) is 0.812. The maximum absolute atomic E-state index is 14.0. The van der Waals surface area contributed by atoms with Gasteiger partial charge in [-0.05, 0) is 68.2 Å². The predicted molar refractivity (Wildman–Crippen MR) is 168 cm³/mol. The molecule has 42 heavy (non-hydrogen) atoms. The average molecular weight is 560 g/mol. The molecular weight excluding hydrogens is 522 g/mol. The summed E-state index contributed by atoms with van der Waals surface area (Å²) in [6, 6.07) is 25.2. The van der Waals surface area contributed by atoms with Crippen LogP contribution in [0.2, 0.25) is 0 Å². The second-order valence-electron chi connectivity index (χ2n) is 11.5. The number of anilines is 1. The molecule has 7 heteroatoms. The first-order chi connectivity index (χ1) is 20.4. The molecule has 0 bridgehead atoms. The number of carbonyl (C=O) groups is 1. The van der Waals surface area contributed by atoms with Crippen LogP contribution in [-0.4, -0.2) is 26.9 Å². The van der Waals surface area contributed by atoms with Crippen molar-refractivity contribution in [1.82, 2.24) is 19.6 Å². The molecule has 7 nitrogen and oxygen atoms in total. The van der Waals surface area contributed by atoms with Crippen molar-refractivity contribution in [2.75, 3.05) is 11.4 Å². The number of para-hydroxylation sites is 1. The Morgan fingerprint density at radius 1 is 0.929 bits per heavy atom. The summed E-state index contributed by atoms with van der Waals surface area (Å²) in [6.07, 6.45) is 4.14. The van der Waals surface area contributed by atoms with Crippen LogP contribution in [-0.2, 0) is 13.1 Å². The summed E-state index contributed by atoms with van der Waals surface area (Å²) in [5.41, 5.74) is 6.61. The van der Waals surface area contributed by atoms with Crippen LogP contribution in [0.5, 0.6) is 0 Å². The number of hydrogen-bond acceptors (Lipinski definition) is 4. The lowest BCUT2D eigenvalue weighted by Gasteiger charge is -2.41. The van der Waals surface area contributed by atoms with Crippen molar-refractivity contribution in [2.24, 2.45) is 11.8 Å². The van der Waals surface area contributed by atoms with Gasteiger partial charge in [0.25, 0.3) is 5.56 Å². The molecule has 2 amide bonds. The summed E-state index contributed by atoms with van der Waals surface area (Å²) >= 11 is 0. The lowest BCUT2D eigenvalue weighted by atomic mass is 9.80. The van der Waals surface area contributed by atoms with Crippen molar-refractivity contribution in [3.8, 4) is 0 Å². The Bertz CT molecular complexity index is 1700. The molecule has 214 valence electrons. The van der Waals surface area contributed by atoms with Gasteiger partial charge in [0.1, 0.15) is 5.65 Å². The van der Waals surface area contributed by atoms with E-state index in [9.17, 15) is 9.59 Å². The first kappa shape index (κ1) is 27.5. The van der Waals surface area contributed by atoms with Crippen LogP contribution in [0.25, 0.3) is 11.3 Å². The number of carbonyl (C=O) groups excluding carboxylic acids is 1. The minimum Gasteiger partial charge on any atom is -0.385 e. The molecule has 1 saturated carbocycles. The molecule has 6 rings (SSSR count). The number of fused-ring (bicyclic) bond motifs is 2. The van der Waals surface area contributed by atoms with E-state index in [4.69, 9.17) is 4.98 Å². The third-order valence-electron chi connectivity index (χ3n) is 8.69. The first-order valence-corrected chi connectivity index (χ1v) is 14.7. The number of nitrogens with one attached hydrogen (secondary N) is 1. The van der Waals surface area contributed by atoms with Crippen LogP contribution >= 0.6 is 0 Å². The smallest absolute Gasteiger partial charge is 0.329 e. The highest BCUT2D eigenvalue weighted by molar-refractivity contribution is 6.04. The Morgan fingerprint density at radius 2 is 1.67 bits per heavy atom. The fraction of sp³-hybridized carbons (Fsp3) is 0.286. The summed E-state index contributed by atoms with van der Waals surface area (Å²) in [4.78, 5) is 35.3. The van der Waals surface area contributed by atoms with Gasteiger partial charge in [0.05, 0.1) is 17.9 Å². The van der Waals surface area contributed by atoms with Crippen LogP contribution in [0.3, 0.4) is 0 Å². The minimum absolute atomic E-state index is 0.124. The Hall–Kier alpha value is -4.65. The lowest BCUT2D eigenvalue weighted by molar-refractivity contribution is 0.202. The van der Waals surface area contributed by atoms with Gasteiger partial charge in [0.2, 0.25) is 0 Å². The molecule has 1 fully saturated rings. The summed E-state index contributed by atoms with van der Waals surface area (Å²) in [7, 11) is 0. The molecule has 2 aliphatic rings. The SMILES string of the molecule is C=C(NCc1ccccc1)C1CCC(CN2C(=C)c3ccccc3N(Cc3cc(=O)n4c(C)cccc4n3)C2=O)CC1.